The van der Waals surface area contributed by atoms with Crippen molar-refractivity contribution in [2.75, 3.05) is 7.05 Å². The van der Waals surface area contributed by atoms with Crippen LogP contribution in [0.4, 0.5) is 0 Å². The van der Waals surface area contributed by atoms with Crippen molar-refractivity contribution in [2.24, 2.45) is 5.92 Å². The monoisotopic (exact) mass is 600 g/mol. The molecule has 2 aromatic heterocycles. The van der Waals surface area contributed by atoms with Crippen molar-refractivity contribution in [1.29, 1.82) is 0 Å². The summed E-state index contributed by atoms with van der Waals surface area (Å²) >= 11 is 0. The molecule has 0 bridgehead atoms. The van der Waals surface area contributed by atoms with Crippen LogP contribution >= 0.6 is 0 Å². The van der Waals surface area contributed by atoms with E-state index >= 15 is 0 Å². The molecule has 5 nitrogen and oxygen atoms in total. The zero-order valence-electron chi connectivity index (χ0n) is 26.2. The highest BCUT2D eigenvalue weighted by atomic mass is 16.3. The number of hydrogen-bond acceptors (Lipinski definition) is 4. The molecule has 2 unspecified atom stereocenters. The van der Waals surface area contributed by atoms with Crippen molar-refractivity contribution in [3.63, 3.8) is 0 Å². The smallest absolute Gasteiger partial charge is 0.135 e. The third-order valence-corrected chi connectivity index (χ3v) is 9.82. The number of para-hydroxylation sites is 1. The maximum atomic E-state index is 6.37. The number of aromatic nitrogens is 1. The van der Waals surface area contributed by atoms with Crippen molar-refractivity contribution in [3.05, 3.63) is 155 Å². The second kappa shape index (κ2) is 10.8. The lowest BCUT2D eigenvalue weighted by molar-refractivity contribution is -0.366. The molecule has 1 saturated heterocycles. The Bertz CT molecular complexity index is 2230. The first kappa shape index (κ1) is 27.4. The van der Waals surface area contributed by atoms with E-state index in [1.165, 1.54) is 55.1 Å². The van der Waals surface area contributed by atoms with Gasteiger partial charge in [-0.25, -0.2) is 10.0 Å². The fourth-order valence-corrected chi connectivity index (χ4v) is 7.54. The van der Waals surface area contributed by atoms with Crippen LogP contribution in [0.2, 0.25) is 0 Å². The fourth-order valence-electron chi connectivity index (χ4n) is 7.54. The second-order valence-corrected chi connectivity index (χ2v) is 12.8. The van der Waals surface area contributed by atoms with Gasteiger partial charge >= 0.3 is 0 Å². The van der Waals surface area contributed by atoms with E-state index in [9.17, 15) is 0 Å². The molecule has 9 rings (SSSR count). The summed E-state index contributed by atoms with van der Waals surface area (Å²) in [5, 5.41) is 10.9. The average molecular weight is 601 g/mol. The Morgan fingerprint density at radius 1 is 0.696 bits per heavy atom. The molecule has 7 aromatic rings. The third kappa shape index (κ3) is 4.43. The molecule has 0 amide bonds. The van der Waals surface area contributed by atoms with Crippen LogP contribution in [0.25, 0.3) is 44.5 Å². The van der Waals surface area contributed by atoms with Gasteiger partial charge in [-0.1, -0.05) is 104 Å². The highest BCUT2D eigenvalue weighted by molar-refractivity contribution is 6.13. The average Bonchev–Trinajstić information content (AvgIpc) is 3.61. The van der Waals surface area contributed by atoms with Crippen LogP contribution in [0.1, 0.15) is 41.1 Å². The van der Waals surface area contributed by atoms with Crippen LogP contribution < -0.4 is 0 Å². The van der Waals surface area contributed by atoms with E-state index in [0.29, 0.717) is 5.92 Å². The van der Waals surface area contributed by atoms with Crippen molar-refractivity contribution in [2.45, 2.75) is 32.6 Å². The van der Waals surface area contributed by atoms with E-state index in [1.807, 2.05) is 0 Å². The lowest BCUT2D eigenvalue weighted by Gasteiger charge is -2.58. The van der Waals surface area contributed by atoms with Crippen LogP contribution in [-0.2, 0) is 19.5 Å². The van der Waals surface area contributed by atoms with Crippen LogP contribution in [-0.4, -0.2) is 26.8 Å². The lowest BCUT2D eigenvalue weighted by atomic mass is 9.93. The topological polar surface area (TPSA) is 27.8 Å². The number of hydrazine groups is 2. The molecule has 1 fully saturated rings. The van der Waals surface area contributed by atoms with Crippen molar-refractivity contribution in [1.82, 2.24) is 19.7 Å². The van der Waals surface area contributed by atoms with E-state index in [-0.39, 0.29) is 6.17 Å². The number of hydrogen-bond donors (Lipinski definition) is 0. The predicted molar refractivity (Wildman–Crippen MR) is 187 cm³/mol. The number of rotatable bonds is 6. The van der Waals surface area contributed by atoms with Crippen molar-refractivity contribution in [3.8, 4) is 5.69 Å². The largest absolute Gasteiger partial charge is 0.456 e. The van der Waals surface area contributed by atoms with Crippen LogP contribution in [0.15, 0.2) is 132 Å². The molecular formula is C41H36N4O. The predicted octanol–water partition coefficient (Wildman–Crippen LogP) is 9.51. The van der Waals surface area contributed by atoms with Gasteiger partial charge in [0, 0.05) is 41.0 Å². The van der Waals surface area contributed by atoms with Gasteiger partial charge in [-0.15, -0.1) is 0 Å². The molecule has 5 aromatic carbocycles. The molecule has 0 radical (unpaired) electrons. The molecule has 2 atom stereocenters. The summed E-state index contributed by atoms with van der Waals surface area (Å²) in [6, 6.07) is 44.0. The normalized spacial score (nSPS) is 18.8. The summed E-state index contributed by atoms with van der Waals surface area (Å²) in [7, 11) is 2.19. The minimum absolute atomic E-state index is 0.183. The summed E-state index contributed by atoms with van der Waals surface area (Å²) in [6.07, 6.45) is 5.60. The Balaban J connectivity index is 1.09. The first-order valence-corrected chi connectivity index (χ1v) is 16.2. The van der Waals surface area contributed by atoms with Gasteiger partial charge in [-0.2, -0.15) is 5.12 Å². The van der Waals surface area contributed by atoms with Gasteiger partial charge < -0.3 is 8.98 Å². The summed E-state index contributed by atoms with van der Waals surface area (Å²) < 4.78 is 8.78. The van der Waals surface area contributed by atoms with Gasteiger partial charge in [0.25, 0.3) is 0 Å². The lowest BCUT2D eigenvalue weighted by Crippen LogP contribution is -2.66. The van der Waals surface area contributed by atoms with Gasteiger partial charge in [0.1, 0.15) is 17.5 Å². The molecular weight excluding hydrogens is 564 g/mol. The number of nitrogens with zero attached hydrogens (tertiary/aromatic N) is 4. The minimum Gasteiger partial charge on any atom is -0.456 e. The Morgan fingerprint density at radius 2 is 1.41 bits per heavy atom. The highest BCUT2D eigenvalue weighted by Crippen LogP contribution is 2.41. The number of benzene rings is 5. The Morgan fingerprint density at radius 3 is 2.22 bits per heavy atom. The van der Waals surface area contributed by atoms with Gasteiger partial charge in [-0.05, 0) is 65.4 Å². The standard InChI is InChI=1S/C41H36N4O/c1-28-17-22-39-35(23-28)36-24-38-34(25-40(36)46-39)33-15-9-10-16-37(33)45(38)32-20-18-30(19-21-32)26-43-41(31-13-7-4-8-14-31)42(2)44(43)27-29-11-5-3-6-12-29/h3-22,24-25,28,41H,23,26-27H2,1-2H3. The molecule has 0 spiro atoms. The van der Waals surface area contributed by atoms with E-state index in [0.717, 1.165) is 30.9 Å². The number of furan rings is 1. The minimum atomic E-state index is 0.183. The third-order valence-electron chi connectivity index (χ3n) is 9.82. The van der Waals surface area contributed by atoms with Crippen LogP contribution in [0, 0.1) is 5.92 Å². The number of fused-ring (bicyclic) bond motifs is 6. The SMILES string of the molecule is CC1C=Cc2oc3cc4c5ccccc5n(-c5ccc(CN6C(c7ccccc7)N(C)N6Cc6ccccc6)cc5)c4cc3c2C1. The molecule has 3 heterocycles. The Kier molecular flexibility index (Phi) is 6.46. The van der Waals surface area contributed by atoms with Crippen molar-refractivity contribution < 1.29 is 4.42 Å². The van der Waals surface area contributed by atoms with Gasteiger partial charge in [0.2, 0.25) is 0 Å². The van der Waals surface area contributed by atoms with Gasteiger partial charge in [0.05, 0.1) is 17.6 Å². The van der Waals surface area contributed by atoms with E-state index in [1.54, 1.807) is 0 Å². The van der Waals surface area contributed by atoms with Crippen LogP contribution in [0.5, 0.6) is 0 Å². The van der Waals surface area contributed by atoms with E-state index < -0.39 is 0 Å². The second-order valence-electron chi connectivity index (χ2n) is 12.8. The summed E-state index contributed by atoms with van der Waals surface area (Å²) in [5.74, 6) is 1.52. The zero-order chi connectivity index (χ0) is 30.8. The summed E-state index contributed by atoms with van der Waals surface area (Å²) in [5.41, 5.74) is 9.77. The summed E-state index contributed by atoms with van der Waals surface area (Å²) in [6.45, 7) is 3.93. The molecule has 5 heteroatoms. The first-order chi connectivity index (χ1) is 22.6. The quantitative estimate of drug-likeness (QED) is 0.190. The molecule has 0 N–H and O–H groups in total. The molecule has 46 heavy (non-hydrogen) atoms. The fraction of sp³-hybridized carbons (Fsp3) is 0.171. The Labute approximate surface area is 269 Å². The van der Waals surface area contributed by atoms with Crippen molar-refractivity contribution >= 4 is 38.9 Å². The molecule has 1 aliphatic carbocycles. The molecule has 226 valence electrons. The van der Waals surface area contributed by atoms with E-state index in [2.05, 4.69) is 167 Å². The zero-order valence-corrected chi connectivity index (χ0v) is 26.2. The first-order valence-electron chi connectivity index (χ1n) is 16.2. The molecule has 2 aliphatic rings. The highest BCUT2D eigenvalue weighted by Gasteiger charge is 2.42. The maximum Gasteiger partial charge on any atom is 0.135 e. The van der Waals surface area contributed by atoms with Gasteiger partial charge in [0.15, 0.2) is 0 Å². The molecule has 0 saturated carbocycles. The maximum absolute atomic E-state index is 6.37. The summed E-state index contributed by atoms with van der Waals surface area (Å²) in [4.78, 5) is 0. The van der Waals surface area contributed by atoms with Crippen LogP contribution in [0.3, 0.4) is 0 Å². The van der Waals surface area contributed by atoms with E-state index in [4.69, 9.17) is 4.42 Å². The Hall–Kier alpha value is -4.94. The molecule has 1 aliphatic heterocycles. The number of allylic oxidation sites excluding steroid dienone is 1. The van der Waals surface area contributed by atoms with Gasteiger partial charge in [-0.3, -0.25) is 0 Å².